The van der Waals surface area contributed by atoms with Crippen LogP contribution in [0.2, 0.25) is 0 Å². The van der Waals surface area contributed by atoms with Crippen LogP contribution in [0.4, 0.5) is 0 Å². The van der Waals surface area contributed by atoms with Gasteiger partial charge in [-0.1, -0.05) is 37.3 Å². The summed E-state index contributed by atoms with van der Waals surface area (Å²) in [5, 5.41) is 14.1. The molecule has 1 aromatic rings. The highest BCUT2D eigenvalue weighted by atomic mass is 16.4. The van der Waals surface area contributed by atoms with Gasteiger partial charge >= 0.3 is 5.97 Å². The Labute approximate surface area is 133 Å². The highest BCUT2D eigenvalue weighted by Crippen LogP contribution is 2.19. The van der Waals surface area contributed by atoms with Crippen LogP contribution in [0.3, 0.4) is 0 Å². The van der Waals surface area contributed by atoms with E-state index in [4.69, 9.17) is 0 Å². The summed E-state index contributed by atoms with van der Waals surface area (Å²) in [4.78, 5) is 46.7. The van der Waals surface area contributed by atoms with Gasteiger partial charge in [0.25, 0.3) is 0 Å². The highest BCUT2D eigenvalue weighted by molar-refractivity contribution is 6.03. The SMILES string of the molecule is CCC(=O)C(C(=O)O)[C@H]1NC(=O)[C@H]1NC(=O)Cc1ccccc1. The second kappa shape index (κ2) is 7.04. The predicted octanol–water partition coefficient (Wildman–Crippen LogP) is -0.108. The van der Waals surface area contributed by atoms with Crippen LogP contribution in [0.1, 0.15) is 18.9 Å². The van der Waals surface area contributed by atoms with Crippen molar-refractivity contribution in [3.05, 3.63) is 35.9 Å². The summed E-state index contributed by atoms with van der Waals surface area (Å²) in [6, 6.07) is 7.06. The van der Waals surface area contributed by atoms with Crippen LogP contribution in [0, 0.1) is 5.92 Å². The maximum Gasteiger partial charge on any atom is 0.316 e. The molecule has 2 amide bonds. The lowest BCUT2D eigenvalue weighted by atomic mass is 9.83. The molecule has 1 saturated heterocycles. The zero-order valence-electron chi connectivity index (χ0n) is 12.6. The normalized spacial score (nSPS) is 20.8. The summed E-state index contributed by atoms with van der Waals surface area (Å²) in [7, 11) is 0. The van der Waals surface area contributed by atoms with Gasteiger partial charge in [-0.3, -0.25) is 19.2 Å². The maximum absolute atomic E-state index is 12.0. The third-order valence-corrected chi connectivity index (χ3v) is 3.80. The molecule has 23 heavy (non-hydrogen) atoms. The molecule has 0 aromatic heterocycles. The lowest BCUT2D eigenvalue weighted by Crippen LogP contribution is -2.73. The number of hydrogen-bond acceptors (Lipinski definition) is 4. The molecular weight excluding hydrogens is 300 g/mol. The Morgan fingerprint density at radius 2 is 1.91 bits per heavy atom. The third kappa shape index (κ3) is 3.74. The van der Waals surface area contributed by atoms with Crippen LogP contribution in [0.5, 0.6) is 0 Å². The standard InChI is InChI=1S/C16H18N2O5/c1-2-10(19)12(16(22)23)13-14(15(21)18-13)17-11(20)8-9-6-4-3-5-7-9/h3-7,12-14H,2,8H2,1H3,(H,17,20)(H,18,21)(H,22,23)/t12?,13-,14+/m1/s1. The Hall–Kier alpha value is -2.70. The Morgan fingerprint density at radius 3 is 2.43 bits per heavy atom. The highest BCUT2D eigenvalue weighted by Gasteiger charge is 2.49. The average molecular weight is 318 g/mol. The Kier molecular flexibility index (Phi) is 5.10. The molecule has 0 saturated carbocycles. The van der Waals surface area contributed by atoms with Crippen molar-refractivity contribution in [3.63, 3.8) is 0 Å². The smallest absolute Gasteiger partial charge is 0.316 e. The van der Waals surface area contributed by atoms with Crippen molar-refractivity contribution < 1.29 is 24.3 Å². The quantitative estimate of drug-likeness (QED) is 0.480. The Balaban J connectivity index is 2.03. The van der Waals surface area contributed by atoms with E-state index in [1.807, 2.05) is 6.07 Å². The van der Waals surface area contributed by atoms with Crippen LogP contribution in [-0.2, 0) is 25.6 Å². The molecule has 0 radical (unpaired) electrons. The van der Waals surface area contributed by atoms with E-state index < -0.39 is 41.6 Å². The molecule has 1 fully saturated rings. The summed E-state index contributed by atoms with van der Waals surface area (Å²) in [6.07, 6.45) is 0.130. The minimum Gasteiger partial charge on any atom is -0.481 e. The van der Waals surface area contributed by atoms with E-state index in [0.29, 0.717) is 0 Å². The van der Waals surface area contributed by atoms with Gasteiger partial charge in [0.1, 0.15) is 17.7 Å². The van der Waals surface area contributed by atoms with Gasteiger partial charge in [0.15, 0.2) is 0 Å². The number of carboxylic acids is 1. The van der Waals surface area contributed by atoms with Gasteiger partial charge in [-0.2, -0.15) is 0 Å². The summed E-state index contributed by atoms with van der Waals surface area (Å²) in [5.74, 6) is -4.01. The number of ketones is 1. The van der Waals surface area contributed by atoms with Crippen LogP contribution in [0.25, 0.3) is 0 Å². The van der Waals surface area contributed by atoms with Crippen LogP contribution in [-0.4, -0.2) is 40.8 Å². The first kappa shape index (κ1) is 16.7. The largest absolute Gasteiger partial charge is 0.481 e. The molecule has 122 valence electrons. The molecule has 2 rings (SSSR count). The van der Waals surface area contributed by atoms with Gasteiger partial charge in [-0.25, -0.2) is 0 Å². The molecule has 7 nitrogen and oxygen atoms in total. The zero-order valence-corrected chi connectivity index (χ0v) is 12.6. The predicted molar refractivity (Wildman–Crippen MR) is 80.4 cm³/mol. The molecule has 0 bridgehead atoms. The van der Waals surface area contributed by atoms with Crippen molar-refractivity contribution in [2.24, 2.45) is 5.92 Å². The second-order valence-corrected chi connectivity index (χ2v) is 5.38. The fourth-order valence-corrected chi connectivity index (χ4v) is 2.55. The Bertz CT molecular complexity index is 629. The minimum atomic E-state index is -1.35. The number of nitrogens with one attached hydrogen (secondary N) is 2. The molecule has 0 aliphatic carbocycles. The van der Waals surface area contributed by atoms with E-state index in [2.05, 4.69) is 10.6 Å². The van der Waals surface area contributed by atoms with E-state index in [1.165, 1.54) is 0 Å². The van der Waals surface area contributed by atoms with Gasteiger partial charge in [-0.15, -0.1) is 0 Å². The zero-order chi connectivity index (χ0) is 17.0. The summed E-state index contributed by atoms with van der Waals surface area (Å²) < 4.78 is 0. The number of carbonyl (C=O) groups excluding carboxylic acids is 3. The van der Waals surface area contributed by atoms with E-state index in [0.717, 1.165) is 5.56 Å². The minimum absolute atomic E-state index is 0.0496. The van der Waals surface area contributed by atoms with E-state index in [9.17, 15) is 24.3 Å². The van der Waals surface area contributed by atoms with Crippen molar-refractivity contribution in [2.75, 3.05) is 0 Å². The number of carboxylic acid groups (broad SMARTS) is 1. The van der Waals surface area contributed by atoms with Crippen LogP contribution >= 0.6 is 0 Å². The first-order valence-electron chi connectivity index (χ1n) is 7.33. The molecule has 1 heterocycles. The number of hydrogen-bond donors (Lipinski definition) is 3. The molecule has 7 heteroatoms. The van der Waals surface area contributed by atoms with Crippen molar-refractivity contribution >= 4 is 23.6 Å². The number of aliphatic carboxylic acids is 1. The van der Waals surface area contributed by atoms with Gasteiger partial charge < -0.3 is 15.7 Å². The van der Waals surface area contributed by atoms with Gasteiger partial charge in [0.05, 0.1) is 12.5 Å². The third-order valence-electron chi connectivity index (χ3n) is 3.80. The van der Waals surface area contributed by atoms with E-state index in [-0.39, 0.29) is 12.8 Å². The fourth-order valence-electron chi connectivity index (χ4n) is 2.55. The number of carbonyl (C=O) groups is 4. The number of benzene rings is 1. The Morgan fingerprint density at radius 1 is 1.26 bits per heavy atom. The van der Waals surface area contributed by atoms with Crippen molar-refractivity contribution in [3.8, 4) is 0 Å². The molecule has 1 aromatic carbocycles. The number of rotatable bonds is 7. The second-order valence-electron chi connectivity index (χ2n) is 5.38. The summed E-state index contributed by atoms with van der Waals surface area (Å²) in [6.45, 7) is 1.56. The van der Waals surface area contributed by atoms with Crippen molar-refractivity contribution in [1.82, 2.24) is 10.6 Å². The number of amides is 2. The maximum atomic E-state index is 12.0. The lowest BCUT2D eigenvalue weighted by molar-refractivity contribution is -0.152. The van der Waals surface area contributed by atoms with E-state index in [1.54, 1.807) is 31.2 Å². The van der Waals surface area contributed by atoms with Gasteiger partial charge in [0.2, 0.25) is 11.8 Å². The number of Topliss-reactive ketones (excluding diaryl/α,β-unsaturated/α-hetero) is 1. The first-order chi connectivity index (χ1) is 10.9. The summed E-state index contributed by atoms with van der Waals surface area (Å²) >= 11 is 0. The van der Waals surface area contributed by atoms with Crippen molar-refractivity contribution in [1.29, 1.82) is 0 Å². The van der Waals surface area contributed by atoms with Crippen LogP contribution in [0.15, 0.2) is 30.3 Å². The molecule has 1 unspecified atom stereocenters. The van der Waals surface area contributed by atoms with Crippen molar-refractivity contribution in [2.45, 2.75) is 31.8 Å². The topological polar surface area (TPSA) is 113 Å². The van der Waals surface area contributed by atoms with Gasteiger partial charge in [0, 0.05) is 6.42 Å². The van der Waals surface area contributed by atoms with Gasteiger partial charge in [-0.05, 0) is 5.56 Å². The molecule has 1 aliphatic heterocycles. The fraction of sp³-hybridized carbons (Fsp3) is 0.375. The first-order valence-corrected chi connectivity index (χ1v) is 7.33. The van der Waals surface area contributed by atoms with Crippen LogP contribution < -0.4 is 10.6 Å². The van der Waals surface area contributed by atoms with E-state index >= 15 is 0 Å². The molecule has 1 aliphatic rings. The summed E-state index contributed by atoms with van der Waals surface area (Å²) in [5.41, 5.74) is 0.778. The molecule has 0 spiro atoms. The average Bonchev–Trinajstić information content (AvgIpc) is 2.52. The lowest BCUT2D eigenvalue weighted by Gasteiger charge is -2.39. The molecular formula is C16H18N2O5. The molecule has 3 atom stereocenters. The number of β-lactam (4-membered cyclic amide) rings is 1. The monoisotopic (exact) mass is 318 g/mol. The molecule has 3 N–H and O–H groups in total.